The largest absolute Gasteiger partial charge is 0.297 e. The first-order valence-corrected chi connectivity index (χ1v) is 10.2. The number of hydrogen-bond donors (Lipinski definition) is 0. The first-order chi connectivity index (χ1) is 14.2. The van der Waals surface area contributed by atoms with Crippen LogP contribution in [0.3, 0.4) is 0 Å². The molecule has 1 aliphatic carbocycles. The summed E-state index contributed by atoms with van der Waals surface area (Å²) in [7, 11) is 0. The van der Waals surface area contributed by atoms with Crippen molar-refractivity contribution in [2.75, 3.05) is 13.1 Å². The quantitative estimate of drug-likeness (QED) is 0.626. The molecule has 0 bridgehead atoms. The zero-order chi connectivity index (χ0) is 19.6. The second-order valence-corrected chi connectivity index (χ2v) is 7.95. The van der Waals surface area contributed by atoms with E-state index in [4.69, 9.17) is 4.98 Å². The van der Waals surface area contributed by atoms with Gasteiger partial charge in [-0.3, -0.25) is 9.69 Å². The highest BCUT2D eigenvalue weighted by atomic mass is 16.1. The topological polar surface area (TPSA) is 94.6 Å². The molecule has 3 aromatic rings. The number of likely N-dealkylation sites (tertiary alicyclic amines) is 1. The Morgan fingerprint density at radius 2 is 1.93 bits per heavy atom. The molecular formula is C20H24N8O. The zero-order valence-corrected chi connectivity index (χ0v) is 16.3. The van der Waals surface area contributed by atoms with E-state index in [0.29, 0.717) is 24.2 Å². The molecule has 150 valence electrons. The molecule has 0 aromatic carbocycles. The van der Waals surface area contributed by atoms with Gasteiger partial charge in [-0.25, -0.2) is 24.3 Å². The van der Waals surface area contributed by atoms with Crippen LogP contribution in [0, 0.1) is 5.92 Å². The third-order valence-corrected chi connectivity index (χ3v) is 5.70. The van der Waals surface area contributed by atoms with E-state index in [0.717, 1.165) is 44.0 Å². The van der Waals surface area contributed by atoms with Crippen molar-refractivity contribution in [2.24, 2.45) is 5.92 Å². The minimum Gasteiger partial charge on any atom is -0.297 e. The van der Waals surface area contributed by atoms with Crippen LogP contribution in [0.2, 0.25) is 0 Å². The van der Waals surface area contributed by atoms with Crippen LogP contribution < -0.4 is 5.56 Å². The SMILES string of the molecule is O=c1ccc(-n2cncn2)nn1CC1CCN(Cc2ccnc(C3CC3)n2)CC1. The molecule has 4 heterocycles. The monoisotopic (exact) mass is 392 g/mol. The third-order valence-electron chi connectivity index (χ3n) is 5.70. The van der Waals surface area contributed by atoms with Crippen LogP contribution in [-0.4, -0.2) is 52.5 Å². The molecule has 3 aromatic heterocycles. The molecule has 1 saturated heterocycles. The summed E-state index contributed by atoms with van der Waals surface area (Å²) in [5.41, 5.74) is 1.03. The Morgan fingerprint density at radius 3 is 2.69 bits per heavy atom. The Kier molecular flexibility index (Phi) is 4.89. The van der Waals surface area contributed by atoms with Crippen molar-refractivity contribution in [3.63, 3.8) is 0 Å². The lowest BCUT2D eigenvalue weighted by atomic mass is 9.96. The lowest BCUT2D eigenvalue weighted by Gasteiger charge is -2.31. The Morgan fingerprint density at radius 1 is 1.07 bits per heavy atom. The van der Waals surface area contributed by atoms with E-state index < -0.39 is 0 Å². The summed E-state index contributed by atoms with van der Waals surface area (Å²) in [5, 5.41) is 8.55. The predicted octanol–water partition coefficient (Wildman–Crippen LogP) is 1.40. The van der Waals surface area contributed by atoms with Gasteiger partial charge < -0.3 is 0 Å². The Labute approximate surface area is 168 Å². The lowest BCUT2D eigenvalue weighted by molar-refractivity contribution is 0.162. The van der Waals surface area contributed by atoms with E-state index in [2.05, 4.69) is 25.1 Å². The standard InChI is InChI=1S/C20H24N8O/c29-19-4-3-18(28-14-21-13-23-28)25-27(19)11-15-6-9-26(10-7-15)12-17-5-8-22-20(24-17)16-1-2-16/h3-5,8,13-16H,1-2,6-7,9-12H2. The van der Waals surface area contributed by atoms with Crippen LogP contribution in [0.1, 0.15) is 43.1 Å². The Bertz CT molecular complexity index is 1020. The van der Waals surface area contributed by atoms with Crippen LogP contribution in [0.15, 0.2) is 41.8 Å². The molecule has 29 heavy (non-hydrogen) atoms. The molecule has 2 aliphatic rings. The van der Waals surface area contributed by atoms with Gasteiger partial charge in [-0.2, -0.15) is 5.10 Å². The van der Waals surface area contributed by atoms with Crippen molar-refractivity contribution in [3.8, 4) is 5.82 Å². The van der Waals surface area contributed by atoms with Gasteiger partial charge in [0.1, 0.15) is 18.5 Å². The fourth-order valence-corrected chi connectivity index (χ4v) is 3.86. The highest BCUT2D eigenvalue weighted by Gasteiger charge is 2.27. The molecule has 5 rings (SSSR count). The lowest BCUT2D eigenvalue weighted by Crippen LogP contribution is -2.36. The number of piperidine rings is 1. The second-order valence-electron chi connectivity index (χ2n) is 7.95. The van der Waals surface area contributed by atoms with Crippen molar-refractivity contribution < 1.29 is 0 Å². The summed E-state index contributed by atoms with van der Waals surface area (Å²) in [4.78, 5) is 27.8. The smallest absolute Gasteiger partial charge is 0.266 e. The number of nitrogens with zero attached hydrogens (tertiary/aromatic N) is 8. The highest BCUT2D eigenvalue weighted by Crippen LogP contribution is 2.37. The number of rotatable bonds is 6. The molecule has 9 nitrogen and oxygen atoms in total. The van der Waals surface area contributed by atoms with E-state index in [1.165, 1.54) is 19.2 Å². The zero-order valence-electron chi connectivity index (χ0n) is 16.3. The first kappa shape index (κ1) is 18.1. The third kappa shape index (κ3) is 4.24. The molecule has 0 amide bonds. The molecule has 0 radical (unpaired) electrons. The van der Waals surface area contributed by atoms with E-state index in [1.54, 1.807) is 27.8 Å². The summed E-state index contributed by atoms with van der Waals surface area (Å²) < 4.78 is 3.12. The summed E-state index contributed by atoms with van der Waals surface area (Å²) >= 11 is 0. The maximum absolute atomic E-state index is 12.2. The molecule has 0 N–H and O–H groups in total. The molecule has 0 spiro atoms. The van der Waals surface area contributed by atoms with Crippen LogP contribution in [0.4, 0.5) is 0 Å². The molecule has 9 heteroatoms. The van der Waals surface area contributed by atoms with E-state index in [9.17, 15) is 4.79 Å². The van der Waals surface area contributed by atoms with Gasteiger partial charge >= 0.3 is 0 Å². The molecule has 2 fully saturated rings. The normalized spacial score (nSPS) is 18.2. The molecular weight excluding hydrogens is 368 g/mol. The minimum absolute atomic E-state index is 0.0788. The summed E-state index contributed by atoms with van der Waals surface area (Å²) in [6, 6.07) is 5.25. The average molecular weight is 392 g/mol. The van der Waals surface area contributed by atoms with Crippen LogP contribution in [0.5, 0.6) is 0 Å². The molecule has 0 atom stereocenters. The van der Waals surface area contributed by atoms with Gasteiger partial charge in [0.05, 0.1) is 5.69 Å². The van der Waals surface area contributed by atoms with Crippen LogP contribution in [0.25, 0.3) is 5.82 Å². The van der Waals surface area contributed by atoms with Gasteiger partial charge in [-0.05, 0) is 56.8 Å². The molecule has 1 saturated carbocycles. The first-order valence-electron chi connectivity index (χ1n) is 10.2. The minimum atomic E-state index is -0.0788. The summed E-state index contributed by atoms with van der Waals surface area (Å²) in [6.45, 7) is 3.51. The average Bonchev–Trinajstić information content (AvgIpc) is 3.46. The summed E-state index contributed by atoms with van der Waals surface area (Å²) in [5.74, 6) is 2.64. The Balaban J connectivity index is 1.19. The van der Waals surface area contributed by atoms with Crippen LogP contribution >= 0.6 is 0 Å². The van der Waals surface area contributed by atoms with E-state index in [-0.39, 0.29) is 5.56 Å². The van der Waals surface area contributed by atoms with E-state index >= 15 is 0 Å². The fourth-order valence-electron chi connectivity index (χ4n) is 3.86. The van der Waals surface area contributed by atoms with Gasteiger partial charge in [-0.15, -0.1) is 5.10 Å². The van der Waals surface area contributed by atoms with Gasteiger partial charge in [0.25, 0.3) is 5.56 Å². The van der Waals surface area contributed by atoms with Crippen molar-refractivity contribution in [1.29, 1.82) is 0 Å². The van der Waals surface area contributed by atoms with E-state index in [1.807, 2.05) is 12.3 Å². The van der Waals surface area contributed by atoms with Gasteiger partial charge in [0.15, 0.2) is 5.82 Å². The van der Waals surface area contributed by atoms with Crippen molar-refractivity contribution in [1.82, 2.24) is 39.4 Å². The predicted molar refractivity (Wildman–Crippen MR) is 105 cm³/mol. The van der Waals surface area contributed by atoms with Gasteiger partial charge in [0.2, 0.25) is 0 Å². The fraction of sp³-hybridized carbons (Fsp3) is 0.500. The molecule has 1 aliphatic heterocycles. The summed E-state index contributed by atoms with van der Waals surface area (Å²) in [6.07, 6.45) is 9.46. The van der Waals surface area contributed by atoms with Gasteiger partial charge in [-0.1, -0.05) is 0 Å². The highest BCUT2D eigenvalue weighted by molar-refractivity contribution is 5.16. The van der Waals surface area contributed by atoms with Gasteiger partial charge in [0, 0.05) is 31.3 Å². The Hall–Kier alpha value is -2.94. The van der Waals surface area contributed by atoms with Crippen molar-refractivity contribution >= 4 is 0 Å². The van der Waals surface area contributed by atoms with Crippen LogP contribution in [-0.2, 0) is 13.1 Å². The maximum Gasteiger partial charge on any atom is 0.266 e. The number of hydrogen-bond acceptors (Lipinski definition) is 7. The molecule has 0 unspecified atom stereocenters. The van der Waals surface area contributed by atoms with Crippen molar-refractivity contribution in [3.05, 3.63) is 58.9 Å². The number of aromatic nitrogens is 7. The maximum atomic E-state index is 12.2. The van der Waals surface area contributed by atoms with Crippen molar-refractivity contribution in [2.45, 2.75) is 44.7 Å². The second kappa shape index (κ2) is 7.82.